The van der Waals surface area contributed by atoms with E-state index in [-0.39, 0.29) is 18.4 Å². The first kappa shape index (κ1) is 13.0. The van der Waals surface area contributed by atoms with E-state index in [1.807, 2.05) is 25.1 Å². The highest BCUT2D eigenvalue weighted by atomic mass is 32.2. The van der Waals surface area contributed by atoms with Crippen molar-refractivity contribution in [2.24, 2.45) is 0 Å². The van der Waals surface area contributed by atoms with Crippen molar-refractivity contribution >= 4 is 15.5 Å². The molecule has 0 aliphatic heterocycles. The molecule has 0 aliphatic rings. The second-order valence-electron chi connectivity index (χ2n) is 4.00. The van der Waals surface area contributed by atoms with Crippen LogP contribution in [0.15, 0.2) is 24.3 Å². The summed E-state index contributed by atoms with van der Waals surface area (Å²) in [5.74, 6) is 0.0936. The van der Waals surface area contributed by atoms with Gasteiger partial charge < -0.3 is 10.4 Å². The maximum atomic E-state index is 11.1. The van der Waals surface area contributed by atoms with Gasteiger partial charge in [-0.05, 0) is 24.6 Å². The monoisotopic (exact) mass is 243 g/mol. The predicted octanol–water partition coefficient (Wildman–Crippen LogP) is 1.02. The number of anilines is 1. The molecule has 0 bridgehead atoms. The fourth-order valence-corrected chi connectivity index (χ4v) is 2.53. The molecule has 0 heterocycles. The van der Waals surface area contributed by atoms with E-state index in [9.17, 15) is 8.42 Å². The quantitative estimate of drug-likeness (QED) is 0.810. The highest BCUT2D eigenvalue weighted by Crippen LogP contribution is 2.12. The van der Waals surface area contributed by atoms with Crippen LogP contribution in [-0.4, -0.2) is 31.6 Å². The van der Waals surface area contributed by atoms with Gasteiger partial charge >= 0.3 is 0 Å². The van der Waals surface area contributed by atoms with Gasteiger partial charge in [0.2, 0.25) is 0 Å². The molecule has 0 fully saturated rings. The third-order valence-electron chi connectivity index (χ3n) is 2.08. The van der Waals surface area contributed by atoms with Gasteiger partial charge in [0.15, 0.2) is 0 Å². The fourth-order valence-electron chi connectivity index (χ4n) is 1.54. The van der Waals surface area contributed by atoms with E-state index in [1.165, 1.54) is 6.26 Å². The zero-order valence-electron chi connectivity index (χ0n) is 9.47. The van der Waals surface area contributed by atoms with Crippen LogP contribution in [0.2, 0.25) is 0 Å². The van der Waals surface area contributed by atoms with Gasteiger partial charge in [-0.1, -0.05) is 12.1 Å². The molecule has 0 spiro atoms. The van der Waals surface area contributed by atoms with Crippen LogP contribution in [-0.2, 0) is 16.4 Å². The number of rotatable bonds is 5. The molecule has 1 atom stereocenters. The smallest absolute Gasteiger partial charge is 0.149 e. The molecule has 0 radical (unpaired) electrons. The summed E-state index contributed by atoms with van der Waals surface area (Å²) in [6.45, 7) is 1.79. The Hall–Kier alpha value is -1.07. The van der Waals surface area contributed by atoms with Crippen LogP contribution in [0.25, 0.3) is 0 Å². The molecule has 0 amide bonds. The van der Waals surface area contributed by atoms with Gasteiger partial charge in [0.1, 0.15) is 9.84 Å². The number of hydrogen-bond donors (Lipinski definition) is 2. The molecule has 16 heavy (non-hydrogen) atoms. The summed E-state index contributed by atoms with van der Waals surface area (Å²) in [5, 5.41) is 12.0. The van der Waals surface area contributed by atoms with Crippen LogP contribution >= 0.6 is 0 Å². The van der Waals surface area contributed by atoms with Crippen molar-refractivity contribution in [3.63, 3.8) is 0 Å². The van der Waals surface area contributed by atoms with Crippen LogP contribution in [0, 0.1) is 0 Å². The highest BCUT2D eigenvalue weighted by molar-refractivity contribution is 7.90. The van der Waals surface area contributed by atoms with Gasteiger partial charge in [-0.3, -0.25) is 0 Å². The Bertz CT molecular complexity index is 442. The first-order chi connectivity index (χ1) is 7.40. The summed E-state index contributed by atoms with van der Waals surface area (Å²) < 4.78 is 22.1. The largest absolute Gasteiger partial charge is 0.392 e. The third kappa shape index (κ3) is 4.63. The summed E-state index contributed by atoms with van der Waals surface area (Å²) in [6, 6.07) is 7.13. The molecule has 1 rings (SSSR count). The predicted molar refractivity (Wildman–Crippen MR) is 65.2 cm³/mol. The molecule has 1 unspecified atom stereocenters. The molecule has 1 aromatic rings. The highest BCUT2D eigenvalue weighted by Gasteiger charge is 2.10. The van der Waals surface area contributed by atoms with E-state index >= 15 is 0 Å². The molecule has 1 aromatic carbocycles. The van der Waals surface area contributed by atoms with E-state index < -0.39 is 9.84 Å². The minimum absolute atomic E-state index is 0.0179. The first-order valence-electron chi connectivity index (χ1n) is 5.05. The molecule has 0 aromatic heterocycles. The maximum Gasteiger partial charge on any atom is 0.149 e. The Morgan fingerprint density at radius 1 is 1.44 bits per heavy atom. The number of aliphatic hydroxyl groups excluding tert-OH is 1. The van der Waals surface area contributed by atoms with E-state index in [4.69, 9.17) is 5.11 Å². The summed E-state index contributed by atoms with van der Waals surface area (Å²) in [6.07, 6.45) is 1.22. The summed E-state index contributed by atoms with van der Waals surface area (Å²) in [4.78, 5) is 0. The zero-order valence-corrected chi connectivity index (χ0v) is 10.3. The van der Waals surface area contributed by atoms with Crippen LogP contribution in [0.5, 0.6) is 0 Å². The van der Waals surface area contributed by atoms with Gasteiger partial charge in [-0.25, -0.2) is 8.42 Å². The summed E-state index contributed by atoms with van der Waals surface area (Å²) in [5.41, 5.74) is 1.62. The lowest BCUT2D eigenvalue weighted by molar-refractivity contribution is 0.282. The molecule has 0 aliphatic carbocycles. The Kier molecular flexibility index (Phi) is 4.32. The normalized spacial score (nSPS) is 13.4. The first-order valence-corrected chi connectivity index (χ1v) is 7.11. The standard InChI is InChI=1S/C11H17NO3S/c1-9(8-16(2,14)15)12-11-5-3-4-10(6-11)7-13/h3-6,9,12-13H,7-8H2,1-2H3. The molecular formula is C11H17NO3S. The topological polar surface area (TPSA) is 66.4 Å². The van der Waals surface area contributed by atoms with Gasteiger partial charge in [-0.2, -0.15) is 0 Å². The van der Waals surface area contributed by atoms with Crippen molar-refractivity contribution in [2.45, 2.75) is 19.6 Å². The molecule has 4 nitrogen and oxygen atoms in total. The van der Waals surface area contributed by atoms with Crippen molar-refractivity contribution < 1.29 is 13.5 Å². The van der Waals surface area contributed by atoms with E-state index in [2.05, 4.69) is 5.32 Å². The molecule has 0 saturated heterocycles. The van der Waals surface area contributed by atoms with Crippen LogP contribution in [0.1, 0.15) is 12.5 Å². The molecule has 2 N–H and O–H groups in total. The number of nitrogens with one attached hydrogen (secondary N) is 1. The fraction of sp³-hybridized carbons (Fsp3) is 0.455. The number of benzene rings is 1. The van der Waals surface area contributed by atoms with Gasteiger partial charge in [-0.15, -0.1) is 0 Å². The number of sulfone groups is 1. The SMILES string of the molecule is CC(CS(C)(=O)=O)Nc1cccc(CO)c1. The van der Waals surface area contributed by atoms with Gasteiger partial charge in [0.25, 0.3) is 0 Å². The zero-order chi connectivity index (χ0) is 12.2. The van der Waals surface area contributed by atoms with E-state index in [1.54, 1.807) is 6.07 Å². The third-order valence-corrected chi connectivity index (χ3v) is 3.18. The van der Waals surface area contributed by atoms with E-state index in [0.29, 0.717) is 0 Å². The van der Waals surface area contributed by atoms with Crippen molar-refractivity contribution in [1.82, 2.24) is 0 Å². The second-order valence-corrected chi connectivity index (χ2v) is 6.18. The molecule has 90 valence electrons. The average Bonchev–Trinajstić information content (AvgIpc) is 2.15. The minimum atomic E-state index is -2.97. The van der Waals surface area contributed by atoms with Crippen LogP contribution < -0.4 is 5.32 Å². The van der Waals surface area contributed by atoms with Crippen molar-refractivity contribution in [3.05, 3.63) is 29.8 Å². The Balaban J connectivity index is 2.65. The molecule has 5 heteroatoms. The summed E-state index contributed by atoms with van der Waals surface area (Å²) >= 11 is 0. The van der Waals surface area contributed by atoms with Crippen molar-refractivity contribution in [1.29, 1.82) is 0 Å². The Morgan fingerprint density at radius 3 is 2.69 bits per heavy atom. The van der Waals surface area contributed by atoms with Crippen molar-refractivity contribution in [2.75, 3.05) is 17.3 Å². The van der Waals surface area contributed by atoms with Crippen molar-refractivity contribution in [3.8, 4) is 0 Å². The Morgan fingerprint density at radius 2 is 2.12 bits per heavy atom. The molecule has 0 saturated carbocycles. The average molecular weight is 243 g/mol. The van der Waals surface area contributed by atoms with Gasteiger partial charge in [0.05, 0.1) is 12.4 Å². The van der Waals surface area contributed by atoms with Crippen LogP contribution in [0.4, 0.5) is 5.69 Å². The maximum absolute atomic E-state index is 11.1. The summed E-state index contributed by atoms with van der Waals surface area (Å²) in [7, 11) is -2.97. The van der Waals surface area contributed by atoms with E-state index in [0.717, 1.165) is 11.3 Å². The minimum Gasteiger partial charge on any atom is -0.392 e. The lowest BCUT2D eigenvalue weighted by Gasteiger charge is -2.14. The Labute approximate surface area is 96.2 Å². The lowest BCUT2D eigenvalue weighted by atomic mass is 10.2. The van der Waals surface area contributed by atoms with Gasteiger partial charge in [0, 0.05) is 18.0 Å². The lowest BCUT2D eigenvalue weighted by Crippen LogP contribution is -2.24. The molecular weight excluding hydrogens is 226 g/mol. The second kappa shape index (κ2) is 5.32. The number of hydrogen-bond acceptors (Lipinski definition) is 4. The van der Waals surface area contributed by atoms with Crippen LogP contribution in [0.3, 0.4) is 0 Å². The number of aliphatic hydroxyl groups is 1.